The van der Waals surface area contributed by atoms with E-state index in [1.165, 1.54) is 6.07 Å². The van der Waals surface area contributed by atoms with Crippen molar-refractivity contribution in [1.82, 2.24) is 10.2 Å². The molecule has 3 aromatic carbocycles. The summed E-state index contributed by atoms with van der Waals surface area (Å²) in [6.45, 7) is 1.08. The number of anilines is 1. The van der Waals surface area contributed by atoms with E-state index < -0.39 is 17.5 Å². The van der Waals surface area contributed by atoms with Gasteiger partial charge in [0.25, 0.3) is 0 Å². The van der Waals surface area contributed by atoms with Gasteiger partial charge in [-0.05, 0) is 34.4 Å². The van der Waals surface area contributed by atoms with Crippen molar-refractivity contribution in [2.24, 2.45) is 0 Å². The Bertz CT molecular complexity index is 1090. The van der Waals surface area contributed by atoms with Crippen molar-refractivity contribution in [2.75, 3.05) is 18.4 Å². The summed E-state index contributed by atoms with van der Waals surface area (Å²) in [6.07, 6.45) is 0. The fourth-order valence-electron chi connectivity index (χ4n) is 3.71. The van der Waals surface area contributed by atoms with Crippen molar-refractivity contribution in [3.05, 3.63) is 89.5 Å². The second-order valence-corrected chi connectivity index (χ2v) is 7.41. The molecule has 4 rings (SSSR count). The molecule has 0 radical (unpaired) electrons. The molecule has 0 saturated carbocycles. The van der Waals surface area contributed by atoms with Gasteiger partial charge in [0.15, 0.2) is 11.6 Å². The van der Waals surface area contributed by atoms with Crippen LogP contribution >= 0.6 is 0 Å². The van der Waals surface area contributed by atoms with Gasteiger partial charge >= 0.3 is 0 Å². The van der Waals surface area contributed by atoms with Gasteiger partial charge in [0, 0.05) is 24.8 Å². The minimum atomic E-state index is -1.05. The van der Waals surface area contributed by atoms with Crippen LogP contribution < -0.4 is 10.6 Å². The smallest absolute Gasteiger partial charge is 0.243 e. The Morgan fingerprint density at radius 1 is 0.806 bits per heavy atom. The minimum absolute atomic E-state index is 0.124. The molecule has 0 spiro atoms. The number of halogens is 2. The zero-order chi connectivity index (χ0) is 21.8. The van der Waals surface area contributed by atoms with Gasteiger partial charge in [-0.2, -0.15) is 0 Å². The van der Waals surface area contributed by atoms with Gasteiger partial charge in [0.2, 0.25) is 11.8 Å². The van der Waals surface area contributed by atoms with Gasteiger partial charge < -0.3 is 10.6 Å². The third kappa shape index (κ3) is 4.95. The van der Waals surface area contributed by atoms with E-state index in [2.05, 4.69) is 34.9 Å². The number of hydrogen-bond donors (Lipinski definition) is 2. The van der Waals surface area contributed by atoms with Crippen LogP contribution in [0.25, 0.3) is 11.1 Å². The highest BCUT2D eigenvalue weighted by Crippen LogP contribution is 2.32. The second-order valence-electron chi connectivity index (χ2n) is 7.41. The molecule has 1 heterocycles. The lowest BCUT2D eigenvalue weighted by Crippen LogP contribution is -2.39. The van der Waals surface area contributed by atoms with Crippen LogP contribution in [0.5, 0.6) is 0 Å². The number of rotatable bonds is 5. The van der Waals surface area contributed by atoms with Crippen LogP contribution in [-0.2, 0) is 22.7 Å². The number of fused-ring (bicyclic) bond motifs is 3. The lowest BCUT2D eigenvalue weighted by Gasteiger charge is -2.20. The second kappa shape index (κ2) is 9.06. The fourth-order valence-corrected chi connectivity index (χ4v) is 3.71. The third-order valence-electron chi connectivity index (χ3n) is 5.13. The summed E-state index contributed by atoms with van der Waals surface area (Å²) < 4.78 is 26.2. The topological polar surface area (TPSA) is 61.4 Å². The number of carbonyl (C=O) groups is 2. The molecule has 0 aromatic heterocycles. The normalized spacial score (nSPS) is 13.0. The maximum absolute atomic E-state index is 13.2. The van der Waals surface area contributed by atoms with Crippen molar-refractivity contribution in [3.63, 3.8) is 0 Å². The van der Waals surface area contributed by atoms with Crippen molar-refractivity contribution in [1.29, 1.82) is 0 Å². The predicted molar refractivity (Wildman–Crippen MR) is 114 cm³/mol. The maximum Gasteiger partial charge on any atom is 0.243 e. The highest BCUT2D eigenvalue weighted by molar-refractivity contribution is 5.94. The molecule has 1 aliphatic heterocycles. The molecule has 0 atom stereocenters. The van der Waals surface area contributed by atoms with Crippen molar-refractivity contribution in [2.45, 2.75) is 13.1 Å². The first kappa shape index (κ1) is 20.7. The predicted octanol–water partition coefficient (Wildman–Crippen LogP) is 3.70. The molecule has 2 N–H and O–H groups in total. The Morgan fingerprint density at radius 3 is 2.03 bits per heavy atom. The summed E-state index contributed by atoms with van der Waals surface area (Å²) in [7, 11) is 0. The molecule has 7 heteroatoms. The molecular formula is C24H21F2N3O2. The van der Waals surface area contributed by atoms with Crippen molar-refractivity contribution >= 4 is 17.5 Å². The molecule has 0 unspecified atom stereocenters. The number of nitrogens with zero attached hydrogens (tertiary/aromatic N) is 1. The number of hydrogen-bond acceptors (Lipinski definition) is 3. The molecule has 158 valence electrons. The zero-order valence-electron chi connectivity index (χ0n) is 16.7. The van der Waals surface area contributed by atoms with Crippen LogP contribution in [0.2, 0.25) is 0 Å². The van der Waals surface area contributed by atoms with Gasteiger partial charge in [0.05, 0.1) is 13.1 Å². The number of nitrogens with one attached hydrogen (secondary N) is 2. The van der Waals surface area contributed by atoms with Gasteiger partial charge in [-0.15, -0.1) is 0 Å². The van der Waals surface area contributed by atoms with Gasteiger partial charge in [0.1, 0.15) is 0 Å². The van der Waals surface area contributed by atoms with E-state index in [1.807, 2.05) is 29.2 Å². The van der Waals surface area contributed by atoms with Crippen molar-refractivity contribution in [3.8, 4) is 11.1 Å². The Hall–Kier alpha value is -3.58. The molecule has 5 nitrogen and oxygen atoms in total. The van der Waals surface area contributed by atoms with Crippen LogP contribution in [-0.4, -0.2) is 29.8 Å². The first-order valence-electron chi connectivity index (χ1n) is 9.90. The molecule has 31 heavy (non-hydrogen) atoms. The van der Waals surface area contributed by atoms with Crippen molar-refractivity contribution < 1.29 is 18.4 Å². The average Bonchev–Trinajstić information content (AvgIpc) is 2.91. The van der Waals surface area contributed by atoms with Crippen LogP contribution in [0.1, 0.15) is 11.1 Å². The summed E-state index contributed by atoms with van der Waals surface area (Å²) in [4.78, 5) is 26.5. The molecule has 0 bridgehead atoms. The summed E-state index contributed by atoms with van der Waals surface area (Å²) in [6, 6.07) is 19.3. The Balaban J connectivity index is 1.36. The first-order valence-corrected chi connectivity index (χ1v) is 9.90. The van der Waals surface area contributed by atoms with E-state index in [-0.39, 0.29) is 24.7 Å². The highest BCUT2D eigenvalue weighted by Gasteiger charge is 2.20. The lowest BCUT2D eigenvalue weighted by atomic mass is 9.97. The van der Waals surface area contributed by atoms with Crippen LogP contribution in [0.15, 0.2) is 66.7 Å². The SMILES string of the molecule is O=C(CN1Cc2ccccc2-c2ccccc2C1)NCC(=O)Nc1ccc(F)c(F)c1. The monoisotopic (exact) mass is 421 g/mol. The quantitative estimate of drug-likeness (QED) is 0.661. The van der Waals surface area contributed by atoms with E-state index in [1.54, 1.807) is 0 Å². The summed E-state index contributed by atoms with van der Waals surface area (Å²) in [5.41, 5.74) is 4.71. The third-order valence-corrected chi connectivity index (χ3v) is 5.13. The lowest BCUT2D eigenvalue weighted by molar-refractivity contribution is -0.125. The standard InChI is InChI=1S/C24H21F2N3O2/c25-21-10-9-18(11-22(21)26)28-23(30)12-27-24(31)15-29-13-16-5-1-3-7-19(16)20-8-4-2-6-17(20)14-29/h1-11H,12-15H2,(H,27,31)(H,28,30). The highest BCUT2D eigenvalue weighted by atomic mass is 19.2. The van der Waals surface area contributed by atoms with E-state index in [4.69, 9.17) is 0 Å². The van der Waals surface area contributed by atoms with Gasteiger partial charge in [-0.25, -0.2) is 8.78 Å². The Kier molecular flexibility index (Phi) is 6.04. The molecule has 0 saturated heterocycles. The minimum Gasteiger partial charge on any atom is -0.346 e. The Labute approximate surface area is 178 Å². The van der Waals surface area contributed by atoms with Crippen LogP contribution in [0.4, 0.5) is 14.5 Å². The largest absolute Gasteiger partial charge is 0.346 e. The molecule has 2 amide bonds. The Morgan fingerprint density at radius 2 is 1.42 bits per heavy atom. The first-order chi connectivity index (χ1) is 15.0. The van der Waals surface area contributed by atoms with E-state index in [0.717, 1.165) is 34.4 Å². The summed E-state index contributed by atoms with van der Waals surface area (Å²) >= 11 is 0. The van der Waals surface area contributed by atoms with Crippen LogP contribution in [0, 0.1) is 11.6 Å². The van der Waals surface area contributed by atoms with Gasteiger partial charge in [-0.1, -0.05) is 48.5 Å². The van der Waals surface area contributed by atoms with E-state index >= 15 is 0 Å². The summed E-state index contributed by atoms with van der Waals surface area (Å²) in [5.74, 6) is -2.86. The molecule has 0 aliphatic carbocycles. The zero-order valence-corrected chi connectivity index (χ0v) is 16.7. The van der Waals surface area contributed by atoms with E-state index in [9.17, 15) is 18.4 Å². The summed E-state index contributed by atoms with van der Waals surface area (Å²) in [5, 5.41) is 5.01. The van der Waals surface area contributed by atoms with Crippen LogP contribution in [0.3, 0.4) is 0 Å². The molecule has 3 aromatic rings. The number of carbonyl (C=O) groups excluding carboxylic acids is 2. The van der Waals surface area contributed by atoms with E-state index in [0.29, 0.717) is 13.1 Å². The number of benzene rings is 3. The molecule has 1 aliphatic rings. The maximum atomic E-state index is 13.2. The fraction of sp³-hybridized carbons (Fsp3) is 0.167. The molecular weight excluding hydrogens is 400 g/mol. The average molecular weight is 421 g/mol. The molecule has 0 fully saturated rings. The van der Waals surface area contributed by atoms with Gasteiger partial charge in [-0.3, -0.25) is 14.5 Å². The number of amides is 2.